The van der Waals surface area contributed by atoms with Gasteiger partial charge in [-0.2, -0.15) is 0 Å². The second-order valence-corrected chi connectivity index (χ2v) is 8.77. The van der Waals surface area contributed by atoms with Gasteiger partial charge in [0, 0.05) is 32.7 Å². The average Bonchev–Trinajstić information content (AvgIpc) is 2.74. The van der Waals surface area contributed by atoms with Crippen molar-refractivity contribution in [3.8, 4) is 5.75 Å². The zero-order chi connectivity index (χ0) is 24.7. The molecule has 0 fully saturated rings. The lowest BCUT2D eigenvalue weighted by Crippen LogP contribution is -2.39. The minimum atomic E-state index is -0.970. The maximum absolute atomic E-state index is 12.5. The maximum atomic E-state index is 12.5. The molecule has 1 aromatic carbocycles. The quantitative estimate of drug-likeness (QED) is 0.357. The number of rotatable bonds is 16. The minimum absolute atomic E-state index is 0.300. The molecule has 1 atom stereocenters. The summed E-state index contributed by atoms with van der Waals surface area (Å²) in [5, 5.41) is 9.21. The van der Waals surface area contributed by atoms with Gasteiger partial charge in [-0.05, 0) is 58.2 Å². The molecule has 0 aliphatic rings. The summed E-state index contributed by atoms with van der Waals surface area (Å²) in [6.45, 7) is 12.3. The third-order valence-electron chi connectivity index (χ3n) is 4.63. The van der Waals surface area contributed by atoms with Crippen molar-refractivity contribution in [1.82, 2.24) is 4.90 Å². The van der Waals surface area contributed by atoms with Crippen molar-refractivity contribution in [3.63, 3.8) is 0 Å². The van der Waals surface area contributed by atoms with Gasteiger partial charge >= 0.3 is 12.1 Å². The fraction of sp³-hybridized carbons (Fsp3) is 0.680. The molecule has 8 nitrogen and oxygen atoms in total. The Bertz CT molecular complexity index is 685. The van der Waals surface area contributed by atoms with Crippen LogP contribution in [0.25, 0.3) is 0 Å². The molecule has 1 amide bonds. The maximum Gasteiger partial charge on any atom is 0.410 e. The molecule has 0 saturated heterocycles. The molecule has 1 rings (SSSR count). The number of hydrogen-bond acceptors (Lipinski definition) is 6. The van der Waals surface area contributed by atoms with Crippen LogP contribution in [0.1, 0.15) is 59.4 Å². The lowest BCUT2D eigenvalue weighted by Gasteiger charge is -2.27. The second-order valence-electron chi connectivity index (χ2n) is 8.77. The predicted octanol–water partition coefficient (Wildman–Crippen LogP) is 4.54. The van der Waals surface area contributed by atoms with E-state index >= 15 is 0 Å². The lowest BCUT2D eigenvalue weighted by molar-refractivity contribution is -0.149. The van der Waals surface area contributed by atoms with E-state index in [9.17, 15) is 14.7 Å². The van der Waals surface area contributed by atoms with Gasteiger partial charge in [-0.15, -0.1) is 0 Å². The molecule has 0 aliphatic carbocycles. The third kappa shape index (κ3) is 13.1. The molecule has 1 unspecified atom stereocenters. The van der Waals surface area contributed by atoms with Crippen LogP contribution in [0, 0.1) is 0 Å². The molecule has 0 aromatic heterocycles. The molecule has 0 bridgehead atoms. The van der Waals surface area contributed by atoms with Crippen LogP contribution in [-0.4, -0.2) is 73.3 Å². The summed E-state index contributed by atoms with van der Waals surface area (Å²) < 4.78 is 22.2. The van der Waals surface area contributed by atoms with Crippen LogP contribution in [0.2, 0.25) is 0 Å². The van der Waals surface area contributed by atoms with Crippen molar-refractivity contribution in [2.75, 3.05) is 39.5 Å². The molecule has 1 N–H and O–H groups in total. The predicted molar refractivity (Wildman–Crippen MR) is 127 cm³/mol. The Morgan fingerprint density at radius 2 is 1.70 bits per heavy atom. The SMILES string of the molecule is CCCCOCCN(CCCOc1ccc(CC(OCC)C(=O)O)cc1)C(=O)OC(C)(C)C. The van der Waals surface area contributed by atoms with Gasteiger partial charge in [0.15, 0.2) is 6.10 Å². The Kier molecular flexibility index (Phi) is 13.5. The number of benzene rings is 1. The van der Waals surface area contributed by atoms with Crippen LogP contribution in [0.15, 0.2) is 24.3 Å². The average molecular weight is 468 g/mol. The summed E-state index contributed by atoms with van der Waals surface area (Å²) in [4.78, 5) is 25.4. The van der Waals surface area contributed by atoms with Crippen molar-refractivity contribution in [2.24, 2.45) is 0 Å². The first-order chi connectivity index (χ1) is 15.7. The van der Waals surface area contributed by atoms with Crippen molar-refractivity contribution < 1.29 is 33.6 Å². The number of unbranched alkanes of at least 4 members (excludes halogenated alkanes) is 1. The number of hydrogen-bond donors (Lipinski definition) is 1. The summed E-state index contributed by atoms with van der Waals surface area (Å²) in [5.74, 6) is -0.281. The van der Waals surface area contributed by atoms with Gasteiger partial charge in [-0.3, -0.25) is 0 Å². The highest BCUT2D eigenvalue weighted by molar-refractivity contribution is 5.72. The zero-order valence-electron chi connectivity index (χ0n) is 20.8. The van der Waals surface area contributed by atoms with Crippen molar-refractivity contribution in [3.05, 3.63) is 29.8 Å². The molecule has 1 aromatic rings. The molecule has 33 heavy (non-hydrogen) atoms. The first-order valence-corrected chi connectivity index (χ1v) is 11.8. The van der Waals surface area contributed by atoms with Gasteiger partial charge in [0.1, 0.15) is 11.4 Å². The summed E-state index contributed by atoms with van der Waals surface area (Å²) in [6.07, 6.45) is 1.80. The Labute approximate surface area is 198 Å². The van der Waals surface area contributed by atoms with Crippen LogP contribution in [0.5, 0.6) is 5.75 Å². The molecule has 188 valence electrons. The Morgan fingerprint density at radius 1 is 1.00 bits per heavy atom. The smallest absolute Gasteiger partial charge is 0.410 e. The van der Waals surface area contributed by atoms with Gasteiger partial charge in [-0.25, -0.2) is 9.59 Å². The minimum Gasteiger partial charge on any atom is -0.494 e. The van der Waals surface area contributed by atoms with E-state index < -0.39 is 17.7 Å². The van der Waals surface area contributed by atoms with E-state index in [2.05, 4.69) is 6.92 Å². The number of carbonyl (C=O) groups is 2. The highest BCUT2D eigenvalue weighted by Crippen LogP contribution is 2.15. The van der Waals surface area contributed by atoms with Gasteiger partial charge in [0.05, 0.1) is 13.2 Å². The normalized spacial score (nSPS) is 12.3. The molecule has 0 heterocycles. The van der Waals surface area contributed by atoms with E-state index in [1.807, 2.05) is 45.0 Å². The largest absolute Gasteiger partial charge is 0.494 e. The number of carbonyl (C=O) groups excluding carboxylic acids is 1. The third-order valence-corrected chi connectivity index (χ3v) is 4.63. The number of nitrogens with zero attached hydrogens (tertiary/aromatic N) is 1. The van der Waals surface area contributed by atoms with E-state index in [-0.39, 0.29) is 6.09 Å². The van der Waals surface area contributed by atoms with Gasteiger partial charge < -0.3 is 29.0 Å². The molecular formula is C25H41NO7. The molecule has 0 aliphatic heterocycles. The first-order valence-electron chi connectivity index (χ1n) is 11.8. The van der Waals surface area contributed by atoms with Crippen molar-refractivity contribution in [2.45, 2.75) is 72.0 Å². The van der Waals surface area contributed by atoms with E-state index in [0.29, 0.717) is 58.1 Å². The van der Waals surface area contributed by atoms with Crippen molar-refractivity contribution in [1.29, 1.82) is 0 Å². The van der Waals surface area contributed by atoms with Gasteiger partial charge in [-0.1, -0.05) is 25.5 Å². The van der Waals surface area contributed by atoms with Gasteiger partial charge in [0.25, 0.3) is 0 Å². The fourth-order valence-electron chi connectivity index (χ4n) is 2.94. The zero-order valence-corrected chi connectivity index (χ0v) is 20.8. The summed E-state index contributed by atoms with van der Waals surface area (Å²) in [6, 6.07) is 7.30. The van der Waals surface area contributed by atoms with Crippen LogP contribution in [0.4, 0.5) is 4.79 Å². The topological polar surface area (TPSA) is 94.5 Å². The molecule has 0 radical (unpaired) electrons. The van der Waals surface area contributed by atoms with Crippen LogP contribution >= 0.6 is 0 Å². The summed E-state index contributed by atoms with van der Waals surface area (Å²) in [7, 11) is 0. The number of aliphatic carboxylic acids is 1. The van der Waals surface area contributed by atoms with E-state index in [4.69, 9.17) is 18.9 Å². The monoisotopic (exact) mass is 467 g/mol. The molecule has 0 spiro atoms. The number of ether oxygens (including phenoxy) is 4. The molecule has 8 heteroatoms. The molecular weight excluding hydrogens is 426 g/mol. The Hall–Kier alpha value is -2.32. The van der Waals surface area contributed by atoms with Crippen LogP contribution in [-0.2, 0) is 25.4 Å². The van der Waals surface area contributed by atoms with E-state index in [1.54, 1.807) is 11.8 Å². The number of carboxylic acid groups (broad SMARTS) is 1. The summed E-state index contributed by atoms with van der Waals surface area (Å²) >= 11 is 0. The highest BCUT2D eigenvalue weighted by Gasteiger charge is 2.22. The van der Waals surface area contributed by atoms with E-state index in [1.165, 1.54) is 0 Å². The number of carboxylic acids is 1. The van der Waals surface area contributed by atoms with E-state index in [0.717, 1.165) is 18.4 Å². The molecule has 0 saturated carbocycles. The number of amides is 1. The Balaban J connectivity index is 2.50. The first kappa shape index (κ1) is 28.7. The van der Waals surface area contributed by atoms with Crippen molar-refractivity contribution >= 4 is 12.1 Å². The fourth-order valence-corrected chi connectivity index (χ4v) is 2.94. The standard InChI is InChI=1S/C25H41NO7/c1-6-8-16-30-18-15-26(24(29)33-25(3,4)5)14-9-17-32-21-12-10-20(11-13-21)19-22(23(27)28)31-7-2/h10-13,22H,6-9,14-19H2,1-5H3,(H,27,28). The second kappa shape index (κ2) is 15.5. The lowest BCUT2D eigenvalue weighted by atomic mass is 10.1. The van der Waals surface area contributed by atoms with Crippen LogP contribution < -0.4 is 4.74 Å². The Morgan fingerprint density at radius 3 is 2.27 bits per heavy atom. The summed E-state index contributed by atoms with van der Waals surface area (Å²) in [5.41, 5.74) is 0.306. The highest BCUT2D eigenvalue weighted by atomic mass is 16.6. The van der Waals surface area contributed by atoms with Crippen LogP contribution in [0.3, 0.4) is 0 Å². The van der Waals surface area contributed by atoms with Gasteiger partial charge in [0.2, 0.25) is 0 Å².